The molecule has 0 radical (unpaired) electrons. The Kier molecular flexibility index (Phi) is 7.85. The van der Waals surface area contributed by atoms with Crippen molar-refractivity contribution >= 4 is 29.7 Å². The lowest BCUT2D eigenvalue weighted by Crippen LogP contribution is -2.22. The number of halogens is 13. The van der Waals surface area contributed by atoms with Gasteiger partial charge in [0.2, 0.25) is 0 Å². The van der Waals surface area contributed by atoms with Crippen LogP contribution >= 0.6 is 12.4 Å². The van der Waals surface area contributed by atoms with E-state index in [0.717, 1.165) is 0 Å². The summed E-state index contributed by atoms with van der Waals surface area (Å²) in [5, 5.41) is 11.0. The number of anilines is 2. The third-order valence-corrected chi connectivity index (χ3v) is 3.71. The smallest absolute Gasteiger partial charge is 0.326 e. The molecule has 0 saturated carbocycles. The summed E-state index contributed by atoms with van der Waals surface area (Å²) in [6, 6.07) is 0.310. The van der Waals surface area contributed by atoms with Crippen LogP contribution < -0.4 is 10.6 Å². The monoisotopic (exact) mass is 519 g/mol. The molecule has 0 saturated heterocycles. The highest BCUT2D eigenvalue weighted by Crippen LogP contribution is 2.39. The summed E-state index contributed by atoms with van der Waals surface area (Å²) in [4.78, 5) is 0. The molecule has 3 N–H and O–H groups in total. The van der Waals surface area contributed by atoms with Crippen LogP contribution in [-0.4, -0.2) is 5.96 Å². The Morgan fingerprint density at radius 3 is 0.879 bits per heavy atom. The van der Waals surface area contributed by atoms with Crippen molar-refractivity contribution in [3.05, 3.63) is 58.7 Å². The molecule has 0 aromatic heterocycles. The van der Waals surface area contributed by atoms with Crippen molar-refractivity contribution < 1.29 is 52.7 Å². The average molecular weight is 520 g/mol. The molecule has 0 heterocycles. The summed E-state index contributed by atoms with van der Waals surface area (Å²) in [5.74, 6) is -1.19. The van der Waals surface area contributed by atoms with Crippen LogP contribution in [0.1, 0.15) is 22.3 Å². The summed E-state index contributed by atoms with van der Waals surface area (Å²) in [5.41, 5.74) is -8.87. The van der Waals surface area contributed by atoms with Gasteiger partial charge in [-0.3, -0.25) is 5.41 Å². The first-order chi connectivity index (χ1) is 14.3. The molecule has 2 aromatic carbocycles. The molecule has 0 amide bonds. The predicted octanol–water partition coefficient (Wildman–Crippen LogP) is 7.64. The standard InChI is InChI=1S/C17H9F12N3.ClH/c18-14(19,20)7-1-8(15(21,22)23)4-11(3-7)31-13(30)32-12-5-9(16(24,25)26)2-10(6-12)17(27,28)29;/h1-6H,(H3,30,31,32);1H. The van der Waals surface area contributed by atoms with Crippen LogP contribution in [0.25, 0.3) is 0 Å². The zero-order valence-electron chi connectivity index (χ0n) is 15.4. The normalized spacial score (nSPS) is 12.7. The molecule has 0 aliphatic heterocycles. The van der Waals surface area contributed by atoms with Crippen LogP contribution in [0.2, 0.25) is 0 Å². The molecule has 3 nitrogen and oxygen atoms in total. The number of nitrogens with one attached hydrogen (secondary N) is 3. The lowest BCUT2D eigenvalue weighted by Gasteiger charge is -2.17. The highest BCUT2D eigenvalue weighted by atomic mass is 35.5. The summed E-state index contributed by atoms with van der Waals surface area (Å²) in [6.45, 7) is 0. The van der Waals surface area contributed by atoms with E-state index in [1.165, 1.54) is 0 Å². The van der Waals surface area contributed by atoms with Gasteiger partial charge >= 0.3 is 24.7 Å². The largest absolute Gasteiger partial charge is 0.416 e. The molecule has 184 valence electrons. The first-order valence-electron chi connectivity index (χ1n) is 7.98. The molecular formula is C17H10ClF12N3. The third kappa shape index (κ3) is 7.61. The minimum absolute atomic E-state index is 0. The van der Waals surface area contributed by atoms with E-state index in [9.17, 15) is 52.7 Å². The van der Waals surface area contributed by atoms with Crippen molar-refractivity contribution in [2.45, 2.75) is 24.7 Å². The SMILES string of the molecule is Cl.N=C(Nc1cc(C(F)(F)F)cc(C(F)(F)F)c1)Nc1cc(C(F)(F)F)cc(C(F)(F)F)c1. The first kappa shape index (κ1) is 28.2. The minimum Gasteiger partial charge on any atom is -0.326 e. The van der Waals surface area contributed by atoms with E-state index in [1.54, 1.807) is 10.6 Å². The maximum absolute atomic E-state index is 12.9. The van der Waals surface area contributed by atoms with Gasteiger partial charge in [0.05, 0.1) is 22.3 Å². The van der Waals surface area contributed by atoms with Gasteiger partial charge in [0, 0.05) is 11.4 Å². The Morgan fingerprint density at radius 1 is 0.485 bits per heavy atom. The molecule has 16 heteroatoms. The predicted molar refractivity (Wildman–Crippen MR) is 95.1 cm³/mol. The van der Waals surface area contributed by atoms with Crippen molar-refractivity contribution in [3.63, 3.8) is 0 Å². The van der Waals surface area contributed by atoms with Gasteiger partial charge < -0.3 is 10.6 Å². The topological polar surface area (TPSA) is 47.9 Å². The molecule has 0 aliphatic rings. The lowest BCUT2D eigenvalue weighted by atomic mass is 10.1. The van der Waals surface area contributed by atoms with E-state index < -0.39 is 64.3 Å². The fourth-order valence-corrected chi connectivity index (χ4v) is 2.37. The second-order valence-electron chi connectivity index (χ2n) is 6.21. The van der Waals surface area contributed by atoms with Crippen molar-refractivity contribution in [2.24, 2.45) is 0 Å². The van der Waals surface area contributed by atoms with Crippen molar-refractivity contribution in [1.82, 2.24) is 0 Å². The number of benzene rings is 2. The summed E-state index contributed by atoms with van der Waals surface area (Å²) in [7, 11) is 0. The highest BCUT2D eigenvalue weighted by Gasteiger charge is 2.38. The van der Waals surface area contributed by atoms with Gasteiger partial charge in [0.1, 0.15) is 0 Å². The minimum atomic E-state index is -5.21. The van der Waals surface area contributed by atoms with Crippen LogP contribution in [0.5, 0.6) is 0 Å². The Balaban J connectivity index is 0.00000544. The van der Waals surface area contributed by atoms with Crippen LogP contribution in [0.15, 0.2) is 36.4 Å². The summed E-state index contributed by atoms with van der Waals surface area (Å²) < 4.78 is 154. The molecule has 0 fully saturated rings. The summed E-state index contributed by atoms with van der Waals surface area (Å²) >= 11 is 0. The van der Waals surface area contributed by atoms with Crippen molar-refractivity contribution in [3.8, 4) is 0 Å². The van der Waals surface area contributed by atoms with Crippen LogP contribution in [0.4, 0.5) is 64.1 Å². The van der Waals surface area contributed by atoms with Gasteiger partial charge in [-0.15, -0.1) is 12.4 Å². The van der Waals surface area contributed by atoms with Gasteiger partial charge in [-0.1, -0.05) is 0 Å². The average Bonchev–Trinajstić information content (AvgIpc) is 2.58. The number of hydrogen-bond acceptors (Lipinski definition) is 1. The number of hydrogen-bond donors (Lipinski definition) is 3. The zero-order chi connectivity index (χ0) is 24.7. The Morgan fingerprint density at radius 2 is 0.697 bits per heavy atom. The molecule has 33 heavy (non-hydrogen) atoms. The maximum atomic E-state index is 12.9. The quantitative estimate of drug-likeness (QED) is 0.217. The lowest BCUT2D eigenvalue weighted by molar-refractivity contribution is -0.144. The van der Waals surface area contributed by atoms with E-state index in [1.807, 2.05) is 0 Å². The van der Waals surface area contributed by atoms with Crippen LogP contribution in [0.3, 0.4) is 0 Å². The van der Waals surface area contributed by atoms with E-state index in [2.05, 4.69) is 0 Å². The van der Waals surface area contributed by atoms with E-state index in [0.29, 0.717) is 0 Å². The fraction of sp³-hybridized carbons (Fsp3) is 0.235. The number of alkyl halides is 12. The van der Waals surface area contributed by atoms with Gasteiger partial charge in [-0.25, -0.2) is 0 Å². The van der Waals surface area contributed by atoms with Gasteiger partial charge in [0.25, 0.3) is 0 Å². The van der Waals surface area contributed by atoms with E-state index in [4.69, 9.17) is 5.41 Å². The molecule has 0 spiro atoms. The van der Waals surface area contributed by atoms with E-state index in [-0.39, 0.29) is 48.8 Å². The van der Waals surface area contributed by atoms with Crippen LogP contribution in [-0.2, 0) is 24.7 Å². The number of guanidine groups is 1. The Bertz CT molecular complexity index is 862. The fourth-order valence-electron chi connectivity index (χ4n) is 2.37. The summed E-state index contributed by atoms with van der Waals surface area (Å²) in [6.07, 6.45) is -20.8. The Hall–Kier alpha value is -2.84. The second-order valence-corrected chi connectivity index (χ2v) is 6.21. The molecule has 0 unspecified atom stereocenters. The Labute approximate surface area is 182 Å². The molecule has 2 aromatic rings. The zero-order valence-corrected chi connectivity index (χ0v) is 16.2. The maximum Gasteiger partial charge on any atom is 0.416 e. The van der Waals surface area contributed by atoms with E-state index >= 15 is 0 Å². The van der Waals surface area contributed by atoms with Gasteiger partial charge in [-0.2, -0.15) is 52.7 Å². The first-order valence-corrected chi connectivity index (χ1v) is 7.98. The molecule has 0 aliphatic carbocycles. The molecular weight excluding hydrogens is 510 g/mol. The third-order valence-electron chi connectivity index (χ3n) is 3.71. The van der Waals surface area contributed by atoms with Crippen molar-refractivity contribution in [2.75, 3.05) is 10.6 Å². The molecule has 0 bridgehead atoms. The second kappa shape index (κ2) is 9.19. The van der Waals surface area contributed by atoms with Crippen molar-refractivity contribution in [1.29, 1.82) is 5.41 Å². The molecule has 2 rings (SSSR count). The van der Waals surface area contributed by atoms with Crippen LogP contribution in [0, 0.1) is 5.41 Å². The number of rotatable bonds is 2. The van der Waals surface area contributed by atoms with Gasteiger partial charge in [0.15, 0.2) is 5.96 Å². The highest BCUT2D eigenvalue weighted by molar-refractivity contribution is 6.01. The molecule has 0 atom stereocenters. The van der Waals surface area contributed by atoms with Gasteiger partial charge in [-0.05, 0) is 36.4 Å².